The lowest BCUT2D eigenvalue weighted by Crippen LogP contribution is -2.16. The normalized spacial score (nSPS) is 11.2. The average molecular weight is 586 g/mol. The van der Waals surface area contributed by atoms with Crippen molar-refractivity contribution in [1.82, 2.24) is 0 Å². The summed E-state index contributed by atoms with van der Waals surface area (Å²) >= 11 is 2.22. The molecular weight excluding hydrogens is 562 g/mol. The van der Waals surface area contributed by atoms with Crippen LogP contribution in [0.1, 0.15) is 6.42 Å². The van der Waals surface area contributed by atoms with Crippen LogP contribution in [-0.4, -0.2) is 76.5 Å². The minimum Gasteiger partial charge on any atom is -0.420 e. The van der Waals surface area contributed by atoms with E-state index in [-0.39, 0.29) is 19.8 Å². The Morgan fingerprint density at radius 1 is 0.562 bits per heavy atom. The summed E-state index contributed by atoms with van der Waals surface area (Å²) in [6.45, 7) is 3.36. The lowest BCUT2D eigenvalue weighted by atomic mass is 10.2. The highest BCUT2D eigenvalue weighted by molar-refractivity contribution is 14.1. The molecule has 13 heteroatoms. The average Bonchev–Trinajstić information content (AvgIpc) is 2.79. The number of hydrogen-bond acceptors (Lipinski definition) is 7. The van der Waals surface area contributed by atoms with Crippen molar-refractivity contribution in [2.75, 3.05) is 70.5 Å². The number of carbonyl (C=O) groups excluding carboxylic acids is 1. The first kappa shape index (κ1) is 28.9. The van der Waals surface area contributed by atoms with Gasteiger partial charge in [0, 0.05) is 4.43 Å². The molecule has 0 saturated carbocycles. The zero-order valence-electron chi connectivity index (χ0n) is 17.1. The Hall–Kier alpha value is -1.13. The Balaban J connectivity index is 2.02. The van der Waals surface area contributed by atoms with Gasteiger partial charge in [0.05, 0.1) is 72.5 Å². The van der Waals surface area contributed by atoms with E-state index in [1.165, 1.54) is 0 Å². The molecule has 1 aromatic rings. The van der Waals surface area contributed by atoms with Crippen molar-refractivity contribution in [2.24, 2.45) is 0 Å². The Kier molecular flexibility index (Phi) is 15.7. The van der Waals surface area contributed by atoms with E-state index in [9.17, 15) is 26.7 Å². The number of hydrogen-bond donors (Lipinski definition) is 0. The van der Waals surface area contributed by atoms with Gasteiger partial charge in [-0.05, 0) is 0 Å². The topological polar surface area (TPSA) is 72.5 Å². The fourth-order valence-corrected chi connectivity index (χ4v) is 2.34. The minimum absolute atomic E-state index is 0.107. The molecule has 1 aromatic carbocycles. The maximum absolute atomic E-state index is 13.4. The van der Waals surface area contributed by atoms with Crippen molar-refractivity contribution >= 4 is 28.6 Å². The Labute approximate surface area is 195 Å². The Bertz CT molecular complexity index is 668. The molecule has 0 unspecified atom stereocenters. The van der Waals surface area contributed by atoms with Gasteiger partial charge in [-0.1, -0.05) is 22.6 Å². The number of alkyl halides is 1. The van der Waals surface area contributed by atoms with Crippen LogP contribution in [0.5, 0.6) is 5.75 Å². The number of carbonyl (C=O) groups is 1. The van der Waals surface area contributed by atoms with Crippen molar-refractivity contribution < 1.29 is 55.2 Å². The fourth-order valence-electron chi connectivity index (χ4n) is 2.03. The predicted molar refractivity (Wildman–Crippen MR) is 109 cm³/mol. The van der Waals surface area contributed by atoms with E-state index in [0.717, 1.165) is 4.43 Å². The molecule has 7 nitrogen and oxygen atoms in total. The molecule has 1 rings (SSSR count). The van der Waals surface area contributed by atoms with Crippen molar-refractivity contribution in [3.8, 4) is 5.75 Å². The van der Waals surface area contributed by atoms with Gasteiger partial charge >= 0.3 is 5.97 Å². The molecule has 0 N–H and O–H groups in total. The summed E-state index contributed by atoms with van der Waals surface area (Å²) < 4.78 is 97.2. The van der Waals surface area contributed by atoms with Gasteiger partial charge in [0.15, 0.2) is 0 Å². The summed E-state index contributed by atoms with van der Waals surface area (Å²) in [4.78, 5) is 11.5. The first-order valence-corrected chi connectivity index (χ1v) is 11.1. The van der Waals surface area contributed by atoms with Crippen molar-refractivity contribution in [1.29, 1.82) is 0 Å². The third-order valence-electron chi connectivity index (χ3n) is 3.55. The lowest BCUT2D eigenvalue weighted by Gasteiger charge is -2.09. The molecule has 0 amide bonds. The summed E-state index contributed by atoms with van der Waals surface area (Å²) in [7, 11) is 0. The molecule has 0 aliphatic heterocycles. The van der Waals surface area contributed by atoms with Crippen LogP contribution in [0.15, 0.2) is 0 Å². The Morgan fingerprint density at radius 2 is 0.906 bits per heavy atom. The molecule has 0 fully saturated rings. The highest BCUT2D eigenvalue weighted by atomic mass is 127. The molecule has 0 aromatic heterocycles. The van der Waals surface area contributed by atoms with Crippen LogP contribution in [0.3, 0.4) is 0 Å². The largest absolute Gasteiger partial charge is 0.420 e. The summed E-state index contributed by atoms with van der Waals surface area (Å²) in [6, 6.07) is 0. The standard InChI is InChI=1S/C19H24F5IO7/c20-14-15(21)17(23)19(18(24)16(14)22)32-13(26)1-3-27-5-7-29-9-11-31-12-10-30-8-6-28-4-2-25/h1-12H2. The molecule has 0 heterocycles. The maximum atomic E-state index is 13.4. The second-order valence-electron chi connectivity index (χ2n) is 5.87. The second-order valence-corrected chi connectivity index (χ2v) is 6.95. The van der Waals surface area contributed by atoms with E-state index in [1.807, 2.05) is 0 Å². The molecule has 0 atom stereocenters. The van der Waals surface area contributed by atoms with Gasteiger partial charge in [0.25, 0.3) is 0 Å². The van der Waals surface area contributed by atoms with Crippen LogP contribution in [0.2, 0.25) is 0 Å². The number of benzene rings is 1. The second kappa shape index (κ2) is 17.4. The van der Waals surface area contributed by atoms with Crippen LogP contribution < -0.4 is 4.74 Å². The van der Waals surface area contributed by atoms with Gasteiger partial charge in [0.2, 0.25) is 34.8 Å². The first-order chi connectivity index (χ1) is 15.4. The molecule has 32 heavy (non-hydrogen) atoms. The molecular formula is C19H24F5IO7. The molecule has 0 radical (unpaired) electrons. The summed E-state index contributed by atoms with van der Waals surface area (Å²) in [6.07, 6.45) is -0.467. The van der Waals surface area contributed by atoms with Gasteiger partial charge in [-0.25, -0.2) is 13.2 Å². The number of esters is 1. The van der Waals surface area contributed by atoms with Crippen LogP contribution in [0, 0.1) is 29.1 Å². The Morgan fingerprint density at radius 3 is 1.31 bits per heavy atom. The number of halogens is 6. The molecule has 0 bridgehead atoms. The SMILES string of the molecule is O=C(CCOCCOCCOCCOCCOCCI)Oc1c(F)c(F)c(F)c(F)c1F. The molecule has 0 spiro atoms. The zero-order valence-corrected chi connectivity index (χ0v) is 19.3. The van der Waals surface area contributed by atoms with E-state index < -0.39 is 47.2 Å². The molecule has 0 aliphatic rings. The summed E-state index contributed by atoms with van der Waals surface area (Å²) in [5, 5.41) is 0. The van der Waals surface area contributed by atoms with Gasteiger partial charge in [-0.3, -0.25) is 4.79 Å². The summed E-state index contributed by atoms with van der Waals surface area (Å²) in [5.41, 5.74) is 0. The van der Waals surface area contributed by atoms with Crippen LogP contribution in [-0.2, 0) is 28.5 Å². The van der Waals surface area contributed by atoms with Crippen molar-refractivity contribution in [2.45, 2.75) is 6.42 Å². The molecule has 0 saturated heterocycles. The molecule has 184 valence electrons. The van der Waals surface area contributed by atoms with E-state index in [1.54, 1.807) is 0 Å². The van der Waals surface area contributed by atoms with Crippen LogP contribution >= 0.6 is 22.6 Å². The maximum Gasteiger partial charge on any atom is 0.313 e. The quantitative estimate of drug-likeness (QED) is 0.0383. The third kappa shape index (κ3) is 11.1. The zero-order chi connectivity index (χ0) is 23.8. The van der Waals surface area contributed by atoms with E-state index in [4.69, 9.17) is 23.7 Å². The van der Waals surface area contributed by atoms with Gasteiger partial charge in [-0.2, -0.15) is 8.78 Å². The van der Waals surface area contributed by atoms with Gasteiger partial charge in [-0.15, -0.1) is 0 Å². The lowest BCUT2D eigenvalue weighted by molar-refractivity contribution is -0.136. The van der Waals surface area contributed by atoms with E-state index >= 15 is 0 Å². The monoisotopic (exact) mass is 586 g/mol. The van der Waals surface area contributed by atoms with E-state index in [0.29, 0.717) is 46.2 Å². The van der Waals surface area contributed by atoms with Crippen molar-refractivity contribution in [3.63, 3.8) is 0 Å². The number of ether oxygens (including phenoxy) is 6. The van der Waals surface area contributed by atoms with Crippen LogP contribution in [0.25, 0.3) is 0 Å². The highest BCUT2D eigenvalue weighted by Gasteiger charge is 2.28. The van der Waals surface area contributed by atoms with Gasteiger partial charge < -0.3 is 28.4 Å². The van der Waals surface area contributed by atoms with E-state index in [2.05, 4.69) is 27.3 Å². The van der Waals surface area contributed by atoms with Crippen molar-refractivity contribution in [3.05, 3.63) is 29.1 Å². The predicted octanol–water partition coefficient (Wildman–Crippen LogP) is 3.20. The highest BCUT2D eigenvalue weighted by Crippen LogP contribution is 2.29. The van der Waals surface area contributed by atoms with Crippen LogP contribution in [0.4, 0.5) is 22.0 Å². The first-order valence-electron chi connectivity index (χ1n) is 9.56. The third-order valence-corrected chi connectivity index (χ3v) is 3.99. The smallest absolute Gasteiger partial charge is 0.313 e. The number of rotatable bonds is 18. The fraction of sp³-hybridized carbons (Fsp3) is 0.632. The molecule has 0 aliphatic carbocycles. The summed E-state index contributed by atoms with van der Waals surface area (Å²) in [5.74, 6) is -14.1. The minimum atomic E-state index is -2.34. The van der Waals surface area contributed by atoms with Gasteiger partial charge in [0.1, 0.15) is 0 Å².